The number of carbonyl (C=O) groups is 1. The highest BCUT2D eigenvalue weighted by Gasteiger charge is 2.44. The molecule has 0 unspecified atom stereocenters. The first-order valence-corrected chi connectivity index (χ1v) is 9.93. The van der Waals surface area contributed by atoms with Crippen molar-refractivity contribution >= 4 is 5.91 Å². The number of aromatic nitrogens is 1. The molecule has 2 aliphatic heterocycles. The van der Waals surface area contributed by atoms with Crippen molar-refractivity contribution in [2.45, 2.75) is 31.0 Å². The van der Waals surface area contributed by atoms with Gasteiger partial charge in [-0.25, -0.2) is 4.39 Å². The van der Waals surface area contributed by atoms with Crippen LogP contribution in [0.25, 0.3) is 0 Å². The summed E-state index contributed by atoms with van der Waals surface area (Å²) in [6, 6.07) is 9.08. The molecule has 0 saturated carbocycles. The van der Waals surface area contributed by atoms with Crippen LogP contribution in [0, 0.1) is 5.82 Å². The number of ether oxygens (including phenoxy) is 2. The van der Waals surface area contributed by atoms with Gasteiger partial charge in [0.2, 0.25) is 0 Å². The standard InChI is InChI=1S/C22H26FN3O3/c1-28-19-4-3-16(13-18(19)23)22(27)25-11-7-17(8-12-25)26-14-20(29-2)21(26)15-5-9-24-10-6-15/h3-6,9-10,13,17,20-21H,7-8,11-12,14H2,1-2H3/t20-,21-/m0/s1. The van der Waals surface area contributed by atoms with Crippen LogP contribution in [0.15, 0.2) is 42.7 Å². The third-order valence-electron chi connectivity index (χ3n) is 6.07. The maximum absolute atomic E-state index is 14.0. The highest BCUT2D eigenvalue weighted by Crippen LogP contribution is 2.39. The Morgan fingerprint density at radius 3 is 2.48 bits per heavy atom. The Hall–Kier alpha value is -2.51. The van der Waals surface area contributed by atoms with Gasteiger partial charge in [0.25, 0.3) is 5.91 Å². The summed E-state index contributed by atoms with van der Waals surface area (Å²) in [6.45, 7) is 2.22. The number of halogens is 1. The molecule has 4 rings (SSSR count). The van der Waals surface area contributed by atoms with Crippen molar-refractivity contribution in [3.63, 3.8) is 0 Å². The fraction of sp³-hybridized carbons (Fsp3) is 0.455. The lowest BCUT2D eigenvalue weighted by Crippen LogP contribution is -2.60. The lowest BCUT2D eigenvalue weighted by atomic mass is 9.87. The first-order chi connectivity index (χ1) is 14.1. The van der Waals surface area contributed by atoms with Crippen molar-refractivity contribution in [1.82, 2.24) is 14.8 Å². The van der Waals surface area contributed by atoms with Crippen molar-refractivity contribution in [1.29, 1.82) is 0 Å². The number of pyridine rings is 1. The van der Waals surface area contributed by atoms with Crippen LogP contribution < -0.4 is 4.74 Å². The summed E-state index contributed by atoms with van der Waals surface area (Å²) < 4.78 is 24.5. The lowest BCUT2D eigenvalue weighted by Gasteiger charge is -2.53. The number of nitrogens with zero attached hydrogens (tertiary/aromatic N) is 3. The Morgan fingerprint density at radius 2 is 1.86 bits per heavy atom. The van der Waals surface area contributed by atoms with Gasteiger partial charge in [-0.15, -0.1) is 0 Å². The van der Waals surface area contributed by atoms with Crippen molar-refractivity contribution in [3.8, 4) is 5.75 Å². The number of hydrogen-bond donors (Lipinski definition) is 0. The number of likely N-dealkylation sites (tertiary alicyclic amines) is 2. The summed E-state index contributed by atoms with van der Waals surface area (Å²) in [4.78, 5) is 21.2. The number of amides is 1. The molecule has 29 heavy (non-hydrogen) atoms. The van der Waals surface area contributed by atoms with Gasteiger partial charge in [-0.05, 0) is 48.7 Å². The van der Waals surface area contributed by atoms with E-state index in [9.17, 15) is 9.18 Å². The number of benzene rings is 1. The number of methoxy groups -OCH3 is 2. The average Bonchev–Trinajstić information content (AvgIpc) is 2.74. The Kier molecular flexibility index (Phi) is 5.78. The maximum atomic E-state index is 14.0. The first kappa shape index (κ1) is 19.8. The summed E-state index contributed by atoms with van der Waals surface area (Å²) in [5.74, 6) is -0.499. The summed E-state index contributed by atoms with van der Waals surface area (Å²) in [6.07, 6.45) is 5.59. The van der Waals surface area contributed by atoms with Crippen LogP contribution in [0.4, 0.5) is 4.39 Å². The van der Waals surface area contributed by atoms with Gasteiger partial charge in [-0.2, -0.15) is 0 Å². The zero-order valence-corrected chi connectivity index (χ0v) is 16.8. The molecule has 0 bridgehead atoms. The monoisotopic (exact) mass is 399 g/mol. The van der Waals surface area contributed by atoms with Gasteiger partial charge in [0.15, 0.2) is 11.6 Å². The first-order valence-electron chi connectivity index (χ1n) is 9.93. The summed E-state index contributed by atoms with van der Waals surface area (Å²) in [5, 5.41) is 0. The molecule has 2 fully saturated rings. The minimum absolute atomic E-state index is 0.130. The largest absolute Gasteiger partial charge is 0.494 e. The predicted octanol–water partition coefficient (Wildman–Crippen LogP) is 2.91. The van der Waals surface area contributed by atoms with Gasteiger partial charge >= 0.3 is 0 Å². The van der Waals surface area contributed by atoms with E-state index in [0.717, 1.165) is 19.4 Å². The highest BCUT2D eigenvalue weighted by molar-refractivity contribution is 5.94. The van der Waals surface area contributed by atoms with E-state index in [1.54, 1.807) is 13.2 Å². The van der Waals surface area contributed by atoms with Crippen LogP contribution in [-0.4, -0.2) is 66.7 Å². The molecule has 1 aromatic carbocycles. The maximum Gasteiger partial charge on any atom is 0.253 e. The number of piperidine rings is 1. The topological polar surface area (TPSA) is 54.9 Å². The minimum Gasteiger partial charge on any atom is -0.494 e. The second kappa shape index (κ2) is 8.47. The molecule has 3 heterocycles. The van der Waals surface area contributed by atoms with Crippen molar-refractivity contribution in [3.05, 3.63) is 59.7 Å². The smallest absolute Gasteiger partial charge is 0.253 e. The predicted molar refractivity (Wildman–Crippen MR) is 106 cm³/mol. The number of rotatable bonds is 5. The summed E-state index contributed by atoms with van der Waals surface area (Å²) >= 11 is 0. The van der Waals surface area contributed by atoms with E-state index in [0.29, 0.717) is 24.7 Å². The zero-order chi connectivity index (χ0) is 20.4. The van der Waals surface area contributed by atoms with E-state index < -0.39 is 5.82 Å². The molecule has 2 aliphatic rings. The fourth-order valence-corrected chi connectivity index (χ4v) is 4.43. The molecule has 0 N–H and O–H groups in total. The molecule has 0 aliphatic carbocycles. The Labute approximate surface area is 170 Å². The van der Waals surface area contributed by atoms with Gasteiger partial charge in [-0.1, -0.05) is 0 Å². The van der Waals surface area contributed by atoms with E-state index in [-0.39, 0.29) is 23.8 Å². The second-order valence-corrected chi connectivity index (χ2v) is 7.57. The van der Waals surface area contributed by atoms with Gasteiger partial charge < -0.3 is 14.4 Å². The molecule has 154 valence electrons. The van der Waals surface area contributed by atoms with Crippen molar-refractivity contribution in [2.75, 3.05) is 33.9 Å². The van der Waals surface area contributed by atoms with E-state index in [4.69, 9.17) is 9.47 Å². The van der Waals surface area contributed by atoms with Gasteiger partial charge in [0.1, 0.15) is 0 Å². The van der Waals surface area contributed by atoms with E-state index in [1.165, 1.54) is 24.8 Å². The molecule has 1 aromatic heterocycles. The lowest BCUT2D eigenvalue weighted by molar-refractivity contribution is -0.115. The molecule has 0 radical (unpaired) electrons. The molecular formula is C22H26FN3O3. The molecule has 0 spiro atoms. The molecule has 1 amide bonds. The molecule has 7 heteroatoms. The van der Waals surface area contributed by atoms with Gasteiger partial charge in [0.05, 0.1) is 19.3 Å². The van der Waals surface area contributed by atoms with Crippen molar-refractivity contribution < 1.29 is 18.7 Å². The van der Waals surface area contributed by atoms with Crippen LogP contribution in [0.3, 0.4) is 0 Å². The van der Waals surface area contributed by atoms with Crippen LogP contribution in [0.5, 0.6) is 5.75 Å². The zero-order valence-electron chi connectivity index (χ0n) is 16.8. The van der Waals surface area contributed by atoms with Crippen LogP contribution in [0.2, 0.25) is 0 Å². The van der Waals surface area contributed by atoms with Crippen molar-refractivity contribution in [2.24, 2.45) is 0 Å². The summed E-state index contributed by atoms with van der Waals surface area (Å²) in [5.41, 5.74) is 1.57. The normalized spacial score (nSPS) is 22.9. The van der Waals surface area contributed by atoms with Crippen LogP contribution in [-0.2, 0) is 4.74 Å². The summed E-state index contributed by atoms with van der Waals surface area (Å²) in [7, 11) is 3.17. The third-order valence-corrected chi connectivity index (χ3v) is 6.07. The van der Waals surface area contributed by atoms with E-state index in [1.807, 2.05) is 29.4 Å². The quantitative estimate of drug-likeness (QED) is 0.774. The molecular weight excluding hydrogens is 373 g/mol. The van der Waals surface area contributed by atoms with E-state index in [2.05, 4.69) is 9.88 Å². The third kappa shape index (κ3) is 3.84. The van der Waals surface area contributed by atoms with E-state index >= 15 is 0 Å². The Bertz CT molecular complexity index is 856. The minimum atomic E-state index is -0.514. The molecule has 2 saturated heterocycles. The Balaban J connectivity index is 1.39. The SMILES string of the molecule is COc1ccc(C(=O)N2CCC(N3C[C@H](OC)[C@@H]3c3ccncc3)CC2)cc1F. The average molecular weight is 399 g/mol. The van der Waals surface area contributed by atoms with Gasteiger partial charge in [-0.3, -0.25) is 14.7 Å². The Morgan fingerprint density at radius 1 is 1.14 bits per heavy atom. The fourth-order valence-electron chi connectivity index (χ4n) is 4.43. The molecule has 6 nitrogen and oxygen atoms in total. The highest BCUT2D eigenvalue weighted by atomic mass is 19.1. The van der Waals surface area contributed by atoms with Gasteiger partial charge in [0, 0.05) is 50.7 Å². The molecule has 2 atom stereocenters. The second-order valence-electron chi connectivity index (χ2n) is 7.57. The molecule has 2 aromatic rings. The van der Waals surface area contributed by atoms with Crippen LogP contribution >= 0.6 is 0 Å². The van der Waals surface area contributed by atoms with Crippen LogP contribution in [0.1, 0.15) is 34.8 Å². The number of hydrogen-bond acceptors (Lipinski definition) is 5. The number of carbonyl (C=O) groups excluding carboxylic acids is 1.